The predicted molar refractivity (Wildman–Crippen MR) is 186 cm³/mol. The number of esters is 1. The summed E-state index contributed by atoms with van der Waals surface area (Å²) < 4.78 is 44.2. The van der Waals surface area contributed by atoms with Crippen LogP contribution in [0.1, 0.15) is 58.3 Å². The number of nitrogens with one attached hydrogen (secondary N) is 1. The summed E-state index contributed by atoms with van der Waals surface area (Å²) in [5.74, 6) is -5.20. The van der Waals surface area contributed by atoms with E-state index in [0.717, 1.165) is 19.3 Å². The largest absolute Gasteiger partial charge is 0.477 e. The van der Waals surface area contributed by atoms with Gasteiger partial charge in [0.1, 0.15) is 67.1 Å². The molecule has 23 heteroatoms. The van der Waals surface area contributed by atoms with E-state index in [4.69, 9.17) is 38.9 Å². The van der Waals surface area contributed by atoms with Gasteiger partial charge in [-0.15, -0.1) is 0 Å². The van der Waals surface area contributed by atoms with Crippen molar-refractivity contribution in [2.45, 2.75) is 156 Å². The van der Waals surface area contributed by atoms with E-state index in [0.29, 0.717) is 25.7 Å². The zero-order valence-corrected chi connectivity index (χ0v) is 31.9. The van der Waals surface area contributed by atoms with Crippen LogP contribution in [0.5, 0.6) is 0 Å². The Kier molecular flexibility index (Phi) is 20.1. The Labute approximate surface area is 328 Å². The van der Waals surface area contributed by atoms with Crippen LogP contribution in [0, 0.1) is 0 Å². The van der Waals surface area contributed by atoms with Gasteiger partial charge in [-0.3, -0.25) is 4.79 Å². The molecule has 0 aromatic carbocycles. The molecule has 0 unspecified atom stereocenters. The highest BCUT2D eigenvalue weighted by Gasteiger charge is 2.59. The van der Waals surface area contributed by atoms with Crippen molar-refractivity contribution in [2.24, 2.45) is 5.73 Å². The molecule has 0 radical (unpaired) electrons. The van der Waals surface area contributed by atoms with Crippen LogP contribution in [-0.2, 0) is 47.5 Å². The lowest BCUT2D eigenvalue weighted by molar-refractivity contribution is -0.380. The van der Waals surface area contributed by atoms with E-state index >= 15 is 0 Å². The van der Waals surface area contributed by atoms with Crippen molar-refractivity contribution >= 4 is 18.0 Å². The molecule has 23 nitrogen and oxygen atoms in total. The number of rotatable bonds is 22. The first-order chi connectivity index (χ1) is 27.1. The molecule has 0 aliphatic carbocycles. The van der Waals surface area contributed by atoms with Gasteiger partial charge in [0.05, 0.1) is 45.7 Å². The molecule has 57 heavy (non-hydrogen) atoms. The summed E-state index contributed by atoms with van der Waals surface area (Å²) in [4.78, 5) is 36.7. The van der Waals surface area contributed by atoms with Crippen molar-refractivity contribution in [3.8, 4) is 0 Å². The number of nitrogens with two attached hydrogens (primary N) is 1. The second-order valence-electron chi connectivity index (χ2n) is 14.0. The number of aliphatic hydroxyl groups is 9. The molecule has 3 fully saturated rings. The number of amides is 1. The lowest BCUT2D eigenvalue weighted by atomic mass is 9.88. The first-order valence-corrected chi connectivity index (χ1v) is 18.9. The Bertz CT molecular complexity index is 1240. The molecule has 3 rings (SSSR count). The summed E-state index contributed by atoms with van der Waals surface area (Å²) in [5.41, 5.74) is 5.93. The molecule has 0 spiro atoms. The molecular formula is C34H60N2O21. The Morgan fingerprint density at radius 3 is 2.05 bits per heavy atom. The molecule has 0 saturated carbocycles. The fourth-order valence-electron chi connectivity index (χ4n) is 6.76. The molecule has 0 aromatic heterocycles. The number of carbonyl (C=O) groups excluding carboxylic acids is 2. The number of aliphatic carboxylic acids is 1. The van der Waals surface area contributed by atoms with Crippen molar-refractivity contribution in [3.63, 3.8) is 0 Å². The number of aliphatic hydroxyl groups excluding tert-OH is 9. The van der Waals surface area contributed by atoms with Gasteiger partial charge in [0.2, 0.25) is 0 Å². The number of ether oxygens (including phenoxy) is 8. The van der Waals surface area contributed by atoms with Crippen LogP contribution in [0.4, 0.5) is 4.79 Å². The van der Waals surface area contributed by atoms with E-state index in [1.807, 2.05) is 0 Å². The Morgan fingerprint density at radius 1 is 0.877 bits per heavy atom. The van der Waals surface area contributed by atoms with Gasteiger partial charge < -0.3 is 100 Å². The quantitative estimate of drug-likeness (QED) is 0.0360. The van der Waals surface area contributed by atoms with Crippen molar-refractivity contribution in [1.82, 2.24) is 5.32 Å². The molecular weight excluding hydrogens is 772 g/mol. The van der Waals surface area contributed by atoms with Crippen molar-refractivity contribution in [2.75, 3.05) is 40.1 Å². The smallest absolute Gasteiger partial charge is 0.407 e. The van der Waals surface area contributed by atoms with Gasteiger partial charge in [0.15, 0.2) is 12.6 Å². The van der Waals surface area contributed by atoms with Gasteiger partial charge in [-0.1, -0.05) is 25.7 Å². The van der Waals surface area contributed by atoms with Crippen LogP contribution in [0.25, 0.3) is 0 Å². The molecule has 332 valence electrons. The van der Waals surface area contributed by atoms with Crippen molar-refractivity contribution in [1.29, 1.82) is 0 Å². The molecule has 3 aliphatic heterocycles. The number of carboxylic acids is 1. The SMILES string of the molecule is CCOC(=O)N[C@H]1[C@H](OCCCCCCCCC(=O)OC)O[C@H](CO)[C@@H](O)[C@@H]1O[C@@H]1O[C@H](CO)[C@H](O)[C@H](O[C@]2(C(=O)O)C[C@H](O)[C@@H](N)[C@H]([C@H](O)[C@H](O)CO)O2)[C@H]1O. The number of alkyl carbamates (subject to hydrolysis) is 1. The zero-order chi connectivity index (χ0) is 42.4. The van der Waals surface area contributed by atoms with Gasteiger partial charge in [-0.2, -0.15) is 0 Å². The molecule has 1 amide bonds. The van der Waals surface area contributed by atoms with Crippen molar-refractivity contribution < 1.29 is 103 Å². The first-order valence-electron chi connectivity index (χ1n) is 18.9. The summed E-state index contributed by atoms with van der Waals surface area (Å²) in [5, 5.41) is 108. The second kappa shape index (κ2) is 23.4. The first kappa shape index (κ1) is 48.9. The standard InChI is InChI=1S/C34H60N2O21/c1-3-51-33(49)36-22-28(24(44)18(14-38)53-30(22)52-11-9-7-5-4-6-8-10-20(42)50-2)55-31-26(46)29(25(45)19(15-39)54-31)57-34(32(47)48)12-16(40)21(35)27(56-34)23(43)17(41)13-37/h16-19,21-31,37-41,43-46H,3-15,35H2,1-2H3,(H,36,49)(H,47,48)/t16-,17+,18+,19+,21+,22+,23+,24+,25-,26+,27+,28+,29-,30+,31-,34-/m0/s1. The molecule has 0 aromatic rings. The van der Waals surface area contributed by atoms with E-state index in [2.05, 4.69) is 10.1 Å². The number of methoxy groups -OCH3 is 1. The van der Waals surface area contributed by atoms with E-state index in [-0.39, 0.29) is 19.2 Å². The highest BCUT2D eigenvalue weighted by atomic mass is 16.8. The highest BCUT2D eigenvalue weighted by Crippen LogP contribution is 2.38. The van der Waals surface area contributed by atoms with Crippen LogP contribution in [0.2, 0.25) is 0 Å². The minimum Gasteiger partial charge on any atom is -0.477 e. The van der Waals surface area contributed by atoms with Gasteiger partial charge in [-0.25, -0.2) is 9.59 Å². The normalized spacial score (nSPS) is 36.9. The molecule has 3 aliphatic rings. The van der Waals surface area contributed by atoms with Gasteiger partial charge in [0.25, 0.3) is 5.79 Å². The summed E-state index contributed by atoms with van der Waals surface area (Å²) in [7, 11) is 1.33. The molecule has 3 heterocycles. The summed E-state index contributed by atoms with van der Waals surface area (Å²) in [6.07, 6.45) is -21.0. The van der Waals surface area contributed by atoms with Crippen LogP contribution in [0.3, 0.4) is 0 Å². The maximum Gasteiger partial charge on any atom is 0.407 e. The molecule has 3 saturated heterocycles. The van der Waals surface area contributed by atoms with Gasteiger partial charge in [0, 0.05) is 19.4 Å². The van der Waals surface area contributed by atoms with E-state index in [1.54, 1.807) is 0 Å². The van der Waals surface area contributed by atoms with Gasteiger partial charge >= 0.3 is 18.0 Å². The van der Waals surface area contributed by atoms with Crippen LogP contribution in [0.15, 0.2) is 0 Å². The van der Waals surface area contributed by atoms with Crippen molar-refractivity contribution in [3.05, 3.63) is 0 Å². The molecule has 16 atom stereocenters. The lowest BCUT2D eigenvalue weighted by Crippen LogP contribution is -2.70. The maximum absolute atomic E-state index is 12.7. The minimum absolute atomic E-state index is 0.0682. The molecule has 13 N–H and O–H groups in total. The number of unbranched alkanes of at least 4 members (excludes halogenated alkanes) is 5. The van der Waals surface area contributed by atoms with E-state index < -0.39 is 136 Å². The van der Waals surface area contributed by atoms with Crippen LogP contribution < -0.4 is 11.1 Å². The minimum atomic E-state index is -2.99. The Balaban J connectivity index is 1.84. The zero-order valence-electron chi connectivity index (χ0n) is 31.9. The summed E-state index contributed by atoms with van der Waals surface area (Å²) >= 11 is 0. The Hall–Kier alpha value is -2.43. The van der Waals surface area contributed by atoms with E-state index in [9.17, 15) is 65.4 Å². The third kappa shape index (κ3) is 12.8. The third-order valence-corrected chi connectivity index (χ3v) is 10.0. The summed E-state index contributed by atoms with van der Waals surface area (Å²) in [6.45, 7) is -1.22. The third-order valence-electron chi connectivity index (χ3n) is 10.0. The Morgan fingerprint density at radius 2 is 1.47 bits per heavy atom. The molecule has 0 bridgehead atoms. The number of carbonyl (C=O) groups is 3. The highest BCUT2D eigenvalue weighted by molar-refractivity contribution is 5.76. The maximum atomic E-state index is 12.7. The van der Waals surface area contributed by atoms with Crippen LogP contribution >= 0.6 is 0 Å². The second-order valence-corrected chi connectivity index (χ2v) is 14.0. The fourth-order valence-corrected chi connectivity index (χ4v) is 6.76. The number of hydrogen-bond donors (Lipinski definition) is 12. The lowest BCUT2D eigenvalue weighted by Gasteiger charge is -2.50. The topological polar surface area (TPSA) is 365 Å². The number of hydrogen-bond acceptors (Lipinski definition) is 21. The monoisotopic (exact) mass is 832 g/mol. The fraction of sp³-hybridized carbons (Fsp3) is 0.912. The van der Waals surface area contributed by atoms with E-state index in [1.165, 1.54) is 14.0 Å². The number of carboxylic acid groups (broad SMARTS) is 1. The average molecular weight is 833 g/mol. The van der Waals surface area contributed by atoms with Gasteiger partial charge in [-0.05, 0) is 19.8 Å². The van der Waals surface area contributed by atoms with Crippen LogP contribution in [-0.4, -0.2) is 207 Å². The summed E-state index contributed by atoms with van der Waals surface area (Å²) in [6, 6.07) is -2.94. The predicted octanol–water partition coefficient (Wildman–Crippen LogP) is -4.72. The average Bonchev–Trinajstić information content (AvgIpc) is 3.19.